The highest BCUT2D eigenvalue weighted by molar-refractivity contribution is 7.99. The topological polar surface area (TPSA) is 153 Å². The summed E-state index contributed by atoms with van der Waals surface area (Å²) in [5.41, 5.74) is 3.81. The van der Waals surface area contributed by atoms with Gasteiger partial charge in [-0.2, -0.15) is 0 Å². The van der Waals surface area contributed by atoms with Crippen LogP contribution in [0.25, 0.3) is 10.8 Å². The SMILES string of the molecule is C=CCO[C@@]12Oc3ccc(OCCSc4ccccc4)cc3[C@H]3[C@H](CCCCO)[C@@H](CCCCO)C=C(C(=NOCc4ccc([N+](=O)[O-])cc4)C[C@@H]1N(CCC)C(=O)c1ccc4ccccc4c1)[C@H]32. The van der Waals surface area contributed by atoms with Gasteiger partial charge in [-0.25, -0.2) is 0 Å². The number of non-ortho nitro benzene ring substituents is 1. The number of hydrogen-bond donors (Lipinski definition) is 2. The zero-order valence-electron chi connectivity index (χ0n) is 39.3. The molecular formula is C56H63N3O9S. The summed E-state index contributed by atoms with van der Waals surface area (Å²) < 4.78 is 21.2. The monoisotopic (exact) mass is 953 g/mol. The molecule has 2 N–H and O–H groups in total. The third kappa shape index (κ3) is 11.2. The van der Waals surface area contributed by atoms with Crippen molar-refractivity contribution in [1.82, 2.24) is 4.90 Å². The minimum Gasteiger partial charge on any atom is -0.493 e. The molecule has 362 valence electrons. The number of amides is 1. The average Bonchev–Trinajstić information content (AvgIpc) is 3.37. The number of carbonyl (C=O) groups excluding carboxylic acids is 1. The zero-order chi connectivity index (χ0) is 48.2. The summed E-state index contributed by atoms with van der Waals surface area (Å²) in [6.45, 7) is 7.40. The molecule has 2 aliphatic carbocycles. The Morgan fingerprint density at radius 2 is 1.70 bits per heavy atom. The standard InChI is InChI=1S/C56H63N3O9S/c1-3-28-58(55(62)43-23-22-40-14-8-9-15-41(40)34-43)52-37-50(57-67-38-39-20-24-44(25-21-39)59(63)64)48-35-42(16-10-12-29-60)47(19-11-13-30-61)53-49-36-45(65-32-33-69-46-17-6-5-7-18-46)26-27-51(49)68-56(52,54(48)53)66-31-4-2/h4-9,14-15,17-18,20-27,34-36,42,47,52-54,60-61H,2-3,10-13,16,19,28-33,37-38H2,1H3/t42-,47+,52-,53+,54+,56+/m0/s1. The molecule has 0 bridgehead atoms. The Kier molecular flexibility index (Phi) is 16.9. The molecular weight excluding hydrogens is 891 g/mol. The number of unbranched alkanes of at least 4 members (excludes halogenated alkanes) is 2. The Morgan fingerprint density at radius 1 is 0.942 bits per heavy atom. The van der Waals surface area contributed by atoms with Gasteiger partial charge in [0.05, 0.1) is 29.8 Å². The van der Waals surface area contributed by atoms with Gasteiger partial charge in [0.15, 0.2) is 0 Å². The molecule has 6 atom stereocenters. The molecule has 13 heteroatoms. The molecule has 1 heterocycles. The van der Waals surface area contributed by atoms with Crippen LogP contribution in [0.3, 0.4) is 0 Å². The Bertz CT molecular complexity index is 2610. The third-order valence-corrected chi connectivity index (χ3v) is 14.6. The summed E-state index contributed by atoms with van der Waals surface area (Å²) in [5.74, 6) is -0.0761. The number of fused-ring (bicyclic) bond motifs is 3. The van der Waals surface area contributed by atoms with Crippen molar-refractivity contribution in [3.8, 4) is 11.5 Å². The van der Waals surface area contributed by atoms with Crippen LogP contribution in [0, 0.1) is 27.9 Å². The number of nitro groups is 1. The molecule has 8 rings (SSSR count). The zero-order valence-corrected chi connectivity index (χ0v) is 40.1. The van der Waals surface area contributed by atoms with Crippen LogP contribution >= 0.6 is 11.8 Å². The van der Waals surface area contributed by atoms with Crippen LogP contribution in [0.15, 0.2) is 150 Å². The predicted octanol–water partition coefficient (Wildman–Crippen LogP) is 11.3. The van der Waals surface area contributed by atoms with E-state index in [2.05, 4.69) is 37.8 Å². The summed E-state index contributed by atoms with van der Waals surface area (Å²) in [4.78, 5) is 35.7. The van der Waals surface area contributed by atoms with Gasteiger partial charge in [0.2, 0.25) is 5.79 Å². The van der Waals surface area contributed by atoms with Gasteiger partial charge < -0.3 is 34.2 Å². The minimum absolute atomic E-state index is 0.0143. The maximum atomic E-state index is 15.3. The molecule has 0 spiro atoms. The Labute approximate surface area is 409 Å². The minimum atomic E-state index is -1.42. The molecule has 1 aliphatic heterocycles. The second-order valence-corrected chi connectivity index (χ2v) is 19.2. The first-order valence-corrected chi connectivity index (χ1v) is 25.3. The average molecular weight is 954 g/mol. The number of allylic oxidation sites excluding steroid dienone is 1. The smallest absolute Gasteiger partial charge is 0.269 e. The van der Waals surface area contributed by atoms with E-state index in [1.165, 1.54) is 17.0 Å². The summed E-state index contributed by atoms with van der Waals surface area (Å²) in [5, 5.41) is 38.4. The molecule has 0 saturated heterocycles. The molecule has 0 unspecified atom stereocenters. The van der Waals surface area contributed by atoms with Crippen LogP contribution in [-0.4, -0.2) is 82.2 Å². The lowest BCUT2D eigenvalue weighted by atomic mass is 9.55. The highest BCUT2D eigenvalue weighted by Crippen LogP contribution is 2.62. The van der Waals surface area contributed by atoms with Crippen molar-refractivity contribution in [2.45, 2.75) is 87.5 Å². The Morgan fingerprint density at radius 3 is 2.43 bits per heavy atom. The largest absolute Gasteiger partial charge is 0.493 e. The van der Waals surface area contributed by atoms with E-state index in [4.69, 9.17) is 24.2 Å². The quantitative estimate of drug-likeness (QED) is 0.0201. The van der Waals surface area contributed by atoms with Gasteiger partial charge in [0, 0.05) is 66.0 Å². The van der Waals surface area contributed by atoms with E-state index < -0.39 is 22.7 Å². The maximum absolute atomic E-state index is 15.3. The van der Waals surface area contributed by atoms with Gasteiger partial charge in [-0.3, -0.25) is 14.9 Å². The first kappa shape index (κ1) is 49.4. The molecule has 1 fully saturated rings. The van der Waals surface area contributed by atoms with Crippen LogP contribution in [0.1, 0.15) is 85.7 Å². The fourth-order valence-corrected chi connectivity index (χ4v) is 11.4. The number of ether oxygens (including phenoxy) is 3. The van der Waals surface area contributed by atoms with E-state index >= 15 is 4.79 Å². The van der Waals surface area contributed by atoms with Crippen molar-refractivity contribution in [3.05, 3.63) is 166 Å². The fraction of sp³-hybridized carbons (Fsp3) is 0.393. The molecule has 0 radical (unpaired) electrons. The third-order valence-electron chi connectivity index (χ3n) is 13.7. The van der Waals surface area contributed by atoms with Gasteiger partial charge >= 0.3 is 0 Å². The number of aliphatic hydroxyl groups is 2. The van der Waals surface area contributed by atoms with Gasteiger partial charge in [-0.1, -0.05) is 85.6 Å². The second kappa shape index (κ2) is 23.5. The number of benzene rings is 5. The number of rotatable bonds is 24. The molecule has 3 aliphatic rings. The predicted molar refractivity (Wildman–Crippen MR) is 271 cm³/mol. The molecule has 0 aromatic heterocycles. The number of nitrogens with zero attached hydrogens (tertiary/aromatic N) is 3. The lowest BCUT2D eigenvalue weighted by molar-refractivity contribution is -0.384. The lowest BCUT2D eigenvalue weighted by Crippen LogP contribution is -2.70. The highest BCUT2D eigenvalue weighted by atomic mass is 32.2. The lowest BCUT2D eigenvalue weighted by Gasteiger charge is -2.60. The summed E-state index contributed by atoms with van der Waals surface area (Å²) in [6.07, 6.45) is 9.45. The van der Waals surface area contributed by atoms with Crippen LogP contribution < -0.4 is 9.47 Å². The Balaban J connectivity index is 1.28. The van der Waals surface area contributed by atoms with Crippen LogP contribution in [0.5, 0.6) is 11.5 Å². The van der Waals surface area contributed by atoms with Gasteiger partial charge in [-0.05, 0) is 120 Å². The van der Waals surface area contributed by atoms with Gasteiger partial charge in [0.25, 0.3) is 11.6 Å². The first-order chi connectivity index (χ1) is 33.8. The highest BCUT2D eigenvalue weighted by Gasteiger charge is 2.65. The maximum Gasteiger partial charge on any atom is 0.269 e. The van der Waals surface area contributed by atoms with E-state index in [9.17, 15) is 20.3 Å². The van der Waals surface area contributed by atoms with E-state index in [1.807, 2.05) is 77.7 Å². The van der Waals surface area contributed by atoms with Gasteiger partial charge in [-0.15, -0.1) is 18.3 Å². The van der Waals surface area contributed by atoms with Gasteiger partial charge in [0.1, 0.15) is 24.1 Å². The second-order valence-electron chi connectivity index (χ2n) is 18.0. The Hall–Kier alpha value is -5.99. The molecule has 5 aromatic rings. The molecule has 5 aromatic carbocycles. The van der Waals surface area contributed by atoms with Crippen molar-refractivity contribution in [2.75, 3.05) is 38.7 Å². The van der Waals surface area contributed by atoms with Crippen LogP contribution in [-0.2, 0) is 16.2 Å². The number of thioether (sulfide) groups is 1. The number of oxime groups is 1. The van der Waals surface area contributed by atoms with Crippen LogP contribution in [0.4, 0.5) is 5.69 Å². The van der Waals surface area contributed by atoms with E-state index in [0.717, 1.165) is 59.1 Å². The number of hydrogen-bond acceptors (Lipinski definition) is 11. The van der Waals surface area contributed by atoms with Crippen molar-refractivity contribution in [2.24, 2.45) is 22.9 Å². The fourth-order valence-electron chi connectivity index (χ4n) is 10.6. The molecule has 12 nitrogen and oxygen atoms in total. The summed E-state index contributed by atoms with van der Waals surface area (Å²) in [6, 6.07) is 35.7. The summed E-state index contributed by atoms with van der Waals surface area (Å²) in [7, 11) is 0. The van der Waals surface area contributed by atoms with E-state index in [-0.39, 0.29) is 62.2 Å². The van der Waals surface area contributed by atoms with Crippen molar-refractivity contribution >= 4 is 39.8 Å². The van der Waals surface area contributed by atoms with Crippen molar-refractivity contribution in [1.29, 1.82) is 0 Å². The van der Waals surface area contributed by atoms with Crippen molar-refractivity contribution < 1.29 is 39.0 Å². The number of nitro benzene ring substituents is 1. The van der Waals surface area contributed by atoms with E-state index in [1.54, 1.807) is 30.0 Å². The number of carbonyl (C=O) groups is 1. The summed E-state index contributed by atoms with van der Waals surface area (Å²) >= 11 is 1.74. The molecule has 1 saturated carbocycles. The van der Waals surface area contributed by atoms with Crippen molar-refractivity contribution in [3.63, 3.8) is 0 Å². The first-order valence-electron chi connectivity index (χ1n) is 24.3. The van der Waals surface area contributed by atoms with Crippen LogP contribution in [0.2, 0.25) is 0 Å². The number of aliphatic hydroxyl groups excluding tert-OH is 2. The molecule has 1 amide bonds. The van der Waals surface area contributed by atoms with E-state index in [0.29, 0.717) is 55.0 Å². The normalized spacial score (nSPS) is 21.9. The molecule has 69 heavy (non-hydrogen) atoms.